The average molecular weight is 336 g/mol. The SMILES string of the molecule is [O]c1ccc(N2CCC(Nc3ccc(Cl)cc3Cl)CC2)cc1. The fourth-order valence-corrected chi connectivity index (χ4v) is 3.23. The van der Waals surface area contributed by atoms with Crippen molar-refractivity contribution in [2.75, 3.05) is 23.3 Å². The molecule has 0 aromatic heterocycles. The second kappa shape index (κ2) is 6.67. The quantitative estimate of drug-likeness (QED) is 0.834. The first-order chi connectivity index (χ1) is 10.6. The Morgan fingerprint density at radius 2 is 1.68 bits per heavy atom. The highest BCUT2D eigenvalue weighted by molar-refractivity contribution is 6.36. The normalized spacial score (nSPS) is 15.8. The van der Waals surface area contributed by atoms with Gasteiger partial charge in [0.1, 0.15) is 0 Å². The van der Waals surface area contributed by atoms with E-state index < -0.39 is 0 Å². The first-order valence-corrected chi connectivity index (χ1v) is 8.11. The number of piperidine rings is 1. The van der Waals surface area contributed by atoms with Crippen LogP contribution in [0, 0.1) is 0 Å². The van der Waals surface area contributed by atoms with Crippen LogP contribution < -0.4 is 10.2 Å². The fourth-order valence-electron chi connectivity index (χ4n) is 2.77. The van der Waals surface area contributed by atoms with Crippen molar-refractivity contribution in [1.29, 1.82) is 0 Å². The van der Waals surface area contributed by atoms with Gasteiger partial charge in [-0.25, -0.2) is 0 Å². The molecular weight excluding hydrogens is 319 g/mol. The Hall–Kier alpha value is -1.58. The van der Waals surface area contributed by atoms with E-state index in [0.717, 1.165) is 37.3 Å². The minimum atomic E-state index is 0.0534. The summed E-state index contributed by atoms with van der Waals surface area (Å²) in [5, 5.41) is 16.0. The Kier molecular flexibility index (Phi) is 4.65. The average Bonchev–Trinajstić information content (AvgIpc) is 2.52. The van der Waals surface area contributed by atoms with Gasteiger partial charge in [0, 0.05) is 29.8 Å². The Bertz CT molecular complexity index is 638. The minimum absolute atomic E-state index is 0.0534. The van der Waals surface area contributed by atoms with Gasteiger partial charge >= 0.3 is 0 Å². The molecule has 5 heteroatoms. The third-order valence-corrected chi connectivity index (χ3v) is 4.54. The third-order valence-electron chi connectivity index (χ3n) is 3.99. The maximum atomic E-state index is 11.2. The molecule has 0 aliphatic carbocycles. The van der Waals surface area contributed by atoms with E-state index in [1.165, 1.54) is 0 Å². The molecule has 3 rings (SSSR count). The van der Waals surface area contributed by atoms with Crippen LogP contribution in [0.5, 0.6) is 5.75 Å². The van der Waals surface area contributed by atoms with E-state index in [1.54, 1.807) is 18.2 Å². The molecule has 2 aromatic carbocycles. The standard InChI is InChI=1S/C17H17Cl2N2O/c18-12-1-6-17(16(19)11-12)20-13-7-9-21(10-8-13)14-2-4-15(22)5-3-14/h1-6,11,13,20H,7-10H2. The first-order valence-electron chi connectivity index (χ1n) is 7.35. The van der Waals surface area contributed by atoms with E-state index in [0.29, 0.717) is 16.1 Å². The number of anilines is 2. The maximum absolute atomic E-state index is 11.2. The van der Waals surface area contributed by atoms with Gasteiger partial charge < -0.3 is 10.2 Å². The van der Waals surface area contributed by atoms with Crippen molar-refractivity contribution in [2.45, 2.75) is 18.9 Å². The lowest BCUT2D eigenvalue weighted by molar-refractivity contribution is 0.355. The lowest BCUT2D eigenvalue weighted by atomic mass is 10.0. The summed E-state index contributed by atoms with van der Waals surface area (Å²) in [6.07, 6.45) is 2.05. The molecule has 2 aromatic rings. The third kappa shape index (κ3) is 3.60. The number of rotatable bonds is 3. The van der Waals surface area contributed by atoms with Crippen molar-refractivity contribution in [1.82, 2.24) is 0 Å². The molecule has 1 fully saturated rings. The van der Waals surface area contributed by atoms with Crippen molar-refractivity contribution in [3.05, 3.63) is 52.5 Å². The molecule has 0 amide bonds. The smallest absolute Gasteiger partial charge is 0.178 e. The van der Waals surface area contributed by atoms with E-state index in [4.69, 9.17) is 23.2 Å². The highest BCUT2D eigenvalue weighted by Gasteiger charge is 2.20. The van der Waals surface area contributed by atoms with Gasteiger partial charge in [-0.2, -0.15) is 0 Å². The highest BCUT2D eigenvalue weighted by Crippen LogP contribution is 2.28. The molecule has 3 nitrogen and oxygen atoms in total. The fraction of sp³-hybridized carbons (Fsp3) is 0.294. The molecule has 1 radical (unpaired) electrons. The Morgan fingerprint density at radius 3 is 2.32 bits per heavy atom. The van der Waals surface area contributed by atoms with Crippen LogP contribution in [0.1, 0.15) is 12.8 Å². The molecule has 0 spiro atoms. The summed E-state index contributed by atoms with van der Waals surface area (Å²) in [6.45, 7) is 1.92. The molecule has 1 aliphatic rings. The van der Waals surface area contributed by atoms with Crippen molar-refractivity contribution in [3.63, 3.8) is 0 Å². The van der Waals surface area contributed by atoms with Crippen molar-refractivity contribution >= 4 is 34.6 Å². The molecule has 1 N–H and O–H groups in total. The largest absolute Gasteiger partial charge is 0.381 e. The van der Waals surface area contributed by atoms with E-state index in [1.807, 2.05) is 24.3 Å². The molecule has 115 valence electrons. The highest BCUT2D eigenvalue weighted by atomic mass is 35.5. The first kappa shape index (κ1) is 15.3. The van der Waals surface area contributed by atoms with Gasteiger partial charge in [0.25, 0.3) is 0 Å². The van der Waals surface area contributed by atoms with Crippen LogP contribution in [0.3, 0.4) is 0 Å². The van der Waals surface area contributed by atoms with Crippen molar-refractivity contribution in [3.8, 4) is 5.75 Å². The van der Waals surface area contributed by atoms with Crippen LogP contribution in [0.4, 0.5) is 11.4 Å². The van der Waals surface area contributed by atoms with Gasteiger partial charge in [0.15, 0.2) is 5.75 Å². The number of nitrogens with one attached hydrogen (secondary N) is 1. The van der Waals surface area contributed by atoms with E-state index in [-0.39, 0.29) is 5.75 Å². The number of benzene rings is 2. The molecular formula is C17H17Cl2N2O. The summed E-state index contributed by atoms with van der Waals surface area (Å²) >= 11 is 12.1. The topological polar surface area (TPSA) is 35.2 Å². The molecule has 0 atom stereocenters. The van der Waals surface area contributed by atoms with Gasteiger partial charge in [0.2, 0.25) is 0 Å². The minimum Gasteiger partial charge on any atom is -0.381 e. The second-order valence-corrected chi connectivity index (χ2v) is 6.37. The maximum Gasteiger partial charge on any atom is 0.178 e. The summed E-state index contributed by atoms with van der Waals surface area (Å²) in [6, 6.07) is 12.9. The predicted molar refractivity (Wildman–Crippen MR) is 91.9 cm³/mol. The molecule has 22 heavy (non-hydrogen) atoms. The van der Waals surface area contributed by atoms with Crippen LogP contribution >= 0.6 is 23.2 Å². The van der Waals surface area contributed by atoms with E-state index in [2.05, 4.69) is 10.2 Å². The molecule has 0 bridgehead atoms. The summed E-state index contributed by atoms with van der Waals surface area (Å²) in [5.74, 6) is 0.0534. The number of hydrogen-bond acceptors (Lipinski definition) is 2. The van der Waals surface area contributed by atoms with Gasteiger partial charge in [-0.3, -0.25) is 5.11 Å². The van der Waals surface area contributed by atoms with Crippen molar-refractivity contribution in [2.24, 2.45) is 0 Å². The van der Waals surface area contributed by atoms with Gasteiger partial charge in [0.05, 0.1) is 10.7 Å². The van der Waals surface area contributed by atoms with Crippen LogP contribution in [-0.4, -0.2) is 19.1 Å². The van der Waals surface area contributed by atoms with E-state index >= 15 is 0 Å². The van der Waals surface area contributed by atoms with Crippen LogP contribution in [0.25, 0.3) is 0 Å². The Labute approximate surface area is 140 Å². The number of hydrogen-bond donors (Lipinski definition) is 1. The number of halogens is 2. The lowest BCUT2D eigenvalue weighted by Gasteiger charge is -2.34. The molecule has 1 heterocycles. The van der Waals surface area contributed by atoms with Crippen LogP contribution in [0.15, 0.2) is 42.5 Å². The van der Waals surface area contributed by atoms with Crippen LogP contribution in [-0.2, 0) is 5.11 Å². The Morgan fingerprint density at radius 1 is 1.00 bits per heavy atom. The molecule has 1 aliphatic heterocycles. The summed E-state index contributed by atoms with van der Waals surface area (Å²) in [7, 11) is 0. The van der Waals surface area contributed by atoms with E-state index in [9.17, 15) is 5.11 Å². The monoisotopic (exact) mass is 335 g/mol. The van der Waals surface area contributed by atoms with Gasteiger partial charge in [-0.1, -0.05) is 23.2 Å². The van der Waals surface area contributed by atoms with Gasteiger partial charge in [-0.15, -0.1) is 0 Å². The van der Waals surface area contributed by atoms with Crippen LogP contribution in [0.2, 0.25) is 10.0 Å². The Balaban J connectivity index is 1.58. The number of nitrogens with zero attached hydrogens (tertiary/aromatic N) is 1. The predicted octanol–water partition coefficient (Wildman–Crippen LogP) is 5.22. The lowest BCUT2D eigenvalue weighted by Crippen LogP contribution is -2.39. The zero-order valence-corrected chi connectivity index (χ0v) is 13.6. The van der Waals surface area contributed by atoms with Gasteiger partial charge in [-0.05, 0) is 55.3 Å². The molecule has 1 saturated heterocycles. The zero-order chi connectivity index (χ0) is 15.5. The molecule has 0 saturated carbocycles. The molecule has 0 unspecified atom stereocenters. The zero-order valence-electron chi connectivity index (χ0n) is 12.1. The summed E-state index contributed by atoms with van der Waals surface area (Å²) in [4.78, 5) is 2.31. The summed E-state index contributed by atoms with van der Waals surface area (Å²) < 4.78 is 0. The summed E-state index contributed by atoms with van der Waals surface area (Å²) in [5.41, 5.74) is 2.04. The second-order valence-electron chi connectivity index (χ2n) is 5.52. The van der Waals surface area contributed by atoms with Crippen molar-refractivity contribution < 1.29 is 5.11 Å².